The van der Waals surface area contributed by atoms with Crippen molar-refractivity contribution in [1.29, 1.82) is 0 Å². The van der Waals surface area contributed by atoms with E-state index in [4.69, 9.17) is 0 Å². The van der Waals surface area contributed by atoms with E-state index in [1.54, 1.807) is 18.2 Å². The van der Waals surface area contributed by atoms with Crippen LogP contribution in [0.15, 0.2) is 52.2 Å². The molecule has 0 amide bonds. The zero-order valence-corrected chi connectivity index (χ0v) is 9.58. The molecule has 2 aromatic rings. The Kier molecular flexibility index (Phi) is 3.56. The molecule has 0 radical (unpaired) electrons. The lowest BCUT2D eigenvalue weighted by Crippen LogP contribution is -2.31. The van der Waals surface area contributed by atoms with Crippen LogP contribution in [0.1, 0.15) is 16.8 Å². The number of aromatic nitrogens is 2. The van der Waals surface area contributed by atoms with E-state index in [9.17, 15) is 18.8 Å². The van der Waals surface area contributed by atoms with Crippen molar-refractivity contribution in [1.82, 2.24) is 9.55 Å². The SMILES string of the molecule is O=C(OC(F)n1ccc(=O)[nH]c1=O)c1ccccc1. The van der Waals surface area contributed by atoms with E-state index in [2.05, 4.69) is 4.74 Å². The maximum absolute atomic E-state index is 13.7. The summed E-state index contributed by atoms with van der Waals surface area (Å²) >= 11 is 0. The highest BCUT2D eigenvalue weighted by Gasteiger charge is 2.17. The first kappa shape index (κ1) is 12.7. The van der Waals surface area contributed by atoms with Gasteiger partial charge in [-0.05, 0) is 12.1 Å². The minimum absolute atomic E-state index is 0.155. The number of benzene rings is 1. The zero-order chi connectivity index (χ0) is 13.8. The predicted octanol–water partition coefficient (Wildman–Crippen LogP) is 0.819. The lowest BCUT2D eigenvalue weighted by atomic mass is 10.2. The summed E-state index contributed by atoms with van der Waals surface area (Å²) in [6.07, 6.45) is 0.907. The second-order valence-electron chi connectivity index (χ2n) is 3.58. The van der Waals surface area contributed by atoms with Crippen LogP contribution < -0.4 is 11.2 Å². The lowest BCUT2D eigenvalue weighted by molar-refractivity contribution is -0.0595. The second-order valence-corrected chi connectivity index (χ2v) is 3.58. The summed E-state index contributed by atoms with van der Waals surface area (Å²) in [5.74, 6) is -0.911. The standard InChI is InChI=1S/C12H9FN2O4/c13-11(15-7-6-9(16)14-12(15)18)19-10(17)8-4-2-1-3-5-8/h1-7,11H,(H,14,16,18). The van der Waals surface area contributed by atoms with Crippen LogP contribution in [0, 0.1) is 0 Å². The quantitative estimate of drug-likeness (QED) is 0.832. The number of carbonyl (C=O) groups is 1. The average Bonchev–Trinajstić information content (AvgIpc) is 2.39. The van der Waals surface area contributed by atoms with Crippen molar-refractivity contribution < 1.29 is 13.9 Å². The van der Waals surface area contributed by atoms with E-state index >= 15 is 0 Å². The van der Waals surface area contributed by atoms with Crippen molar-refractivity contribution in [2.24, 2.45) is 0 Å². The van der Waals surface area contributed by atoms with E-state index in [-0.39, 0.29) is 5.56 Å². The monoisotopic (exact) mass is 264 g/mol. The topological polar surface area (TPSA) is 81.2 Å². The maximum atomic E-state index is 13.7. The number of rotatable bonds is 3. The third-order valence-corrected chi connectivity index (χ3v) is 2.28. The van der Waals surface area contributed by atoms with Gasteiger partial charge in [-0.25, -0.2) is 14.2 Å². The van der Waals surface area contributed by atoms with Gasteiger partial charge in [0.25, 0.3) is 5.56 Å². The molecule has 0 saturated heterocycles. The molecule has 0 aliphatic heterocycles. The van der Waals surface area contributed by atoms with E-state index in [1.165, 1.54) is 12.1 Å². The number of esters is 1. The molecule has 98 valence electrons. The summed E-state index contributed by atoms with van der Waals surface area (Å²) < 4.78 is 18.6. The minimum Gasteiger partial charge on any atom is -0.408 e. The molecular formula is C12H9FN2O4. The van der Waals surface area contributed by atoms with Crippen molar-refractivity contribution >= 4 is 5.97 Å². The maximum Gasteiger partial charge on any atom is 0.342 e. The van der Waals surface area contributed by atoms with E-state index in [0.29, 0.717) is 4.57 Å². The third kappa shape index (κ3) is 2.95. The van der Waals surface area contributed by atoms with Crippen molar-refractivity contribution in [3.05, 3.63) is 69.0 Å². The number of halogens is 1. The van der Waals surface area contributed by atoms with Gasteiger partial charge in [0, 0.05) is 12.3 Å². The molecule has 1 atom stereocenters. The minimum atomic E-state index is -2.31. The molecule has 0 spiro atoms. The van der Waals surface area contributed by atoms with E-state index in [0.717, 1.165) is 12.3 Å². The molecule has 6 nitrogen and oxygen atoms in total. The van der Waals surface area contributed by atoms with Gasteiger partial charge >= 0.3 is 18.1 Å². The largest absolute Gasteiger partial charge is 0.408 e. The number of alkyl halides is 1. The molecule has 1 N–H and O–H groups in total. The first-order valence-electron chi connectivity index (χ1n) is 5.29. The smallest absolute Gasteiger partial charge is 0.342 e. The summed E-state index contributed by atoms with van der Waals surface area (Å²) in [5, 5.41) is 0. The number of nitrogens with one attached hydrogen (secondary N) is 1. The molecule has 0 saturated carbocycles. The van der Waals surface area contributed by atoms with Gasteiger partial charge in [0.05, 0.1) is 5.56 Å². The second kappa shape index (κ2) is 5.30. The van der Waals surface area contributed by atoms with Crippen molar-refractivity contribution in [3.63, 3.8) is 0 Å². The number of ether oxygens (including phenoxy) is 1. The van der Waals surface area contributed by atoms with Crippen LogP contribution in [-0.2, 0) is 4.74 Å². The van der Waals surface area contributed by atoms with E-state index in [1.807, 2.05) is 4.98 Å². The van der Waals surface area contributed by atoms with Gasteiger partial charge in [-0.1, -0.05) is 18.2 Å². The highest BCUT2D eigenvalue weighted by Crippen LogP contribution is 2.10. The molecule has 1 unspecified atom stereocenters. The molecule has 2 rings (SSSR count). The number of nitrogens with zero attached hydrogens (tertiary/aromatic N) is 1. The predicted molar refractivity (Wildman–Crippen MR) is 63.3 cm³/mol. The molecule has 0 fully saturated rings. The summed E-state index contributed by atoms with van der Waals surface area (Å²) in [5.41, 5.74) is -1.51. The van der Waals surface area contributed by atoms with Crippen LogP contribution >= 0.6 is 0 Å². The third-order valence-electron chi connectivity index (χ3n) is 2.28. The molecule has 0 aliphatic rings. The Hall–Kier alpha value is -2.70. The first-order chi connectivity index (χ1) is 9.08. The van der Waals surface area contributed by atoms with Gasteiger partial charge in [-0.2, -0.15) is 4.39 Å². The summed E-state index contributed by atoms with van der Waals surface area (Å²) in [7, 11) is 0. The zero-order valence-electron chi connectivity index (χ0n) is 9.58. The van der Waals surface area contributed by atoms with Gasteiger partial charge in [-0.15, -0.1) is 0 Å². The summed E-state index contributed by atoms with van der Waals surface area (Å²) in [4.78, 5) is 35.5. The van der Waals surface area contributed by atoms with Gasteiger partial charge in [0.15, 0.2) is 0 Å². The highest BCUT2D eigenvalue weighted by molar-refractivity contribution is 5.89. The fourth-order valence-electron chi connectivity index (χ4n) is 1.37. The Morgan fingerprint density at radius 3 is 2.53 bits per heavy atom. The van der Waals surface area contributed by atoms with Crippen LogP contribution in [0.5, 0.6) is 0 Å². The number of aromatic amines is 1. The Bertz CT molecular complexity index is 693. The molecule has 19 heavy (non-hydrogen) atoms. The highest BCUT2D eigenvalue weighted by atomic mass is 19.1. The normalized spacial score (nSPS) is 11.8. The summed E-state index contributed by atoms with van der Waals surface area (Å²) in [6.45, 7) is -2.31. The Morgan fingerprint density at radius 1 is 1.21 bits per heavy atom. The van der Waals surface area contributed by atoms with Gasteiger partial charge in [0.1, 0.15) is 0 Å². The van der Waals surface area contributed by atoms with Gasteiger partial charge in [-0.3, -0.25) is 9.78 Å². The number of hydrogen-bond acceptors (Lipinski definition) is 4. The molecule has 1 aromatic carbocycles. The van der Waals surface area contributed by atoms with Gasteiger partial charge in [0.2, 0.25) is 0 Å². The molecule has 1 heterocycles. The van der Waals surface area contributed by atoms with Crippen molar-refractivity contribution in [3.8, 4) is 0 Å². The average molecular weight is 264 g/mol. The first-order valence-corrected chi connectivity index (χ1v) is 5.29. The van der Waals surface area contributed by atoms with Gasteiger partial charge < -0.3 is 4.74 Å². The molecule has 7 heteroatoms. The summed E-state index contributed by atoms with van der Waals surface area (Å²) in [6, 6.07) is 8.72. The Labute approximate surface area is 106 Å². The number of carbonyl (C=O) groups excluding carboxylic acids is 1. The lowest BCUT2D eigenvalue weighted by Gasteiger charge is -2.11. The van der Waals surface area contributed by atoms with Crippen LogP contribution in [0.25, 0.3) is 0 Å². The Morgan fingerprint density at radius 2 is 1.89 bits per heavy atom. The molecule has 0 bridgehead atoms. The molecular weight excluding hydrogens is 255 g/mol. The van der Waals surface area contributed by atoms with Crippen molar-refractivity contribution in [2.45, 2.75) is 6.48 Å². The van der Waals surface area contributed by atoms with E-state index < -0.39 is 23.7 Å². The number of hydrogen-bond donors (Lipinski definition) is 1. The fourth-order valence-corrected chi connectivity index (χ4v) is 1.37. The van der Waals surface area contributed by atoms with Crippen LogP contribution in [0.3, 0.4) is 0 Å². The molecule has 1 aromatic heterocycles. The fraction of sp³-hybridized carbons (Fsp3) is 0.0833. The van der Waals surface area contributed by atoms with Crippen LogP contribution in [0.2, 0.25) is 0 Å². The Balaban J connectivity index is 2.17. The number of H-pyrrole nitrogens is 1. The molecule has 0 aliphatic carbocycles. The van der Waals surface area contributed by atoms with Crippen molar-refractivity contribution in [2.75, 3.05) is 0 Å². The van der Waals surface area contributed by atoms with Crippen LogP contribution in [-0.4, -0.2) is 15.5 Å². The van der Waals surface area contributed by atoms with Crippen LogP contribution in [0.4, 0.5) is 4.39 Å².